The molecule has 0 fully saturated rings. The van der Waals surface area contributed by atoms with Gasteiger partial charge in [-0.05, 0) is 101 Å². The smallest absolute Gasteiger partial charge is 0.431 e. The van der Waals surface area contributed by atoms with Crippen LogP contribution < -0.4 is 41.0 Å². The van der Waals surface area contributed by atoms with E-state index in [0.29, 0.717) is 0 Å². The van der Waals surface area contributed by atoms with E-state index in [9.17, 15) is 0 Å². The van der Waals surface area contributed by atoms with Gasteiger partial charge in [-0.15, -0.1) is 0 Å². The van der Waals surface area contributed by atoms with Crippen molar-refractivity contribution in [2.24, 2.45) is 0 Å². The number of nitrogens with zero attached hydrogens (tertiary/aromatic N) is 2. The van der Waals surface area contributed by atoms with Crippen LogP contribution in [0.4, 0.5) is 34.1 Å². The first-order valence-corrected chi connectivity index (χ1v) is 18.7. The van der Waals surface area contributed by atoms with Gasteiger partial charge in [0.2, 0.25) is 0 Å². The quantitative estimate of drug-likeness (QED) is 0.174. The monoisotopic (exact) mass is 682 g/mol. The second-order valence-corrected chi connectivity index (χ2v) is 15.1. The third kappa shape index (κ3) is 4.27. The Morgan fingerprint density at radius 3 is 1.32 bits per heavy atom. The fourth-order valence-electron chi connectivity index (χ4n) is 9.42. The van der Waals surface area contributed by atoms with Gasteiger partial charge < -0.3 is 19.1 Å². The normalized spacial score (nSPS) is 14.0. The van der Waals surface area contributed by atoms with Crippen molar-refractivity contribution in [1.82, 2.24) is 0 Å². The molecule has 252 valence electrons. The summed E-state index contributed by atoms with van der Waals surface area (Å²) in [6, 6.07) is 50.6. The molecule has 7 aromatic rings. The van der Waals surface area contributed by atoms with Crippen LogP contribution in [0, 0.1) is 13.8 Å². The number of rotatable bonds is 3. The molecule has 4 heterocycles. The van der Waals surface area contributed by atoms with E-state index in [2.05, 4.69) is 177 Å². The summed E-state index contributed by atoms with van der Waals surface area (Å²) >= 11 is 0. The van der Waals surface area contributed by atoms with E-state index in [4.69, 9.17) is 9.31 Å². The predicted molar refractivity (Wildman–Crippen MR) is 222 cm³/mol. The summed E-state index contributed by atoms with van der Waals surface area (Å²) in [5, 5.41) is 0. The summed E-state index contributed by atoms with van der Waals surface area (Å²) in [4.78, 5) is 5.03. The van der Waals surface area contributed by atoms with Crippen LogP contribution in [0.3, 0.4) is 0 Å². The predicted octanol–water partition coefficient (Wildman–Crippen LogP) is 9.32. The number of benzene rings is 7. The van der Waals surface area contributed by atoms with Crippen molar-refractivity contribution in [3.63, 3.8) is 0 Å². The molecule has 0 aliphatic carbocycles. The molecule has 0 amide bonds. The fourth-order valence-corrected chi connectivity index (χ4v) is 9.42. The van der Waals surface area contributed by atoms with Crippen LogP contribution in [0.25, 0.3) is 22.3 Å². The molecule has 0 saturated carbocycles. The Balaban J connectivity index is 1.30. The van der Waals surface area contributed by atoms with Crippen LogP contribution in [0.15, 0.2) is 140 Å². The maximum atomic E-state index is 7.19. The van der Waals surface area contributed by atoms with E-state index >= 15 is 0 Å². The number of para-hydroxylation sites is 4. The van der Waals surface area contributed by atoms with Gasteiger partial charge in [0.05, 0.1) is 11.4 Å². The Morgan fingerprint density at radius 1 is 0.472 bits per heavy atom. The Morgan fingerprint density at radius 2 is 0.887 bits per heavy atom. The van der Waals surface area contributed by atoms with E-state index in [-0.39, 0.29) is 19.7 Å². The molecule has 11 rings (SSSR count). The number of anilines is 6. The topological polar surface area (TPSA) is 24.9 Å². The largest absolute Gasteiger partial charge is 0.551 e. The molecular formula is C47H36B2N2O2. The van der Waals surface area contributed by atoms with Gasteiger partial charge in [0.1, 0.15) is 11.5 Å². The Hall–Kier alpha value is -6.13. The summed E-state index contributed by atoms with van der Waals surface area (Å²) in [5.74, 6) is 1.99. The second-order valence-electron chi connectivity index (χ2n) is 15.1. The molecule has 0 N–H and O–H groups in total. The van der Waals surface area contributed by atoms with Gasteiger partial charge >= 0.3 is 13.8 Å². The van der Waals surface area contributed by atoms with Crippen molar-refractivity contribution in [3.8, 4) is 33.8 Å². The van der Waals surface area contributed by atoms with Gasteiger partial charge in [-0.25, -0.2) is 0 Å². The zero-order valence-corrected chi connectivity index (χ0v) is 30.2. The lowest BCUT2D eigenvalue weighted by Gasteiger charge is -2.46. The first kappa shape index (κ1) is 30.5. The summed E-state index contributed by atoms with van der Waals surface area (Å²) in [7, 11) is 0. The summed E-state index contributed by atoms with van der Waals surface area (Å²) in [5.41, 5.74) is 20.2. The lowest BCUT2D eigenvalue weighted by atomic mass is 9.44. The van der Waals surface area contributed by atoms with E-state index in [0.717, 1.165) is 44.9 Å². The zero-order valence-electron chi connectivity index (χ0n) is 30.2. The minimum atomic E-state index is -0.298. The van der Waals surface area contributed by atoms with Crippen molar-refractivity contribution in [3.05, 3.63) is 156 Å². The molecule has 0 radical (unpaired) electrons. The molecule has 53 heavy (non-hydrogen) atoms. The first-order valence-electron chi connectivity index (χ1n) is 18.7. The van der Waals surface area contributed by atoms with Crippen molar-refractivity contribution in [2.45, 2.75) is 33.6 Å². The molecule has 4 aliphatic rings. The number of aryl methyl sites for hydroxylation is 2. The van der Waals surface area contributed by atoms with Gasteiger partial charge in [-0.2, -0.15) is 0 Å². The minimum absolute atomic E-state index is 0.152. The highest BCUT2D eigenvalue weighted by Crippen LogP contribution is 2.51. The average Bonchev–Trinajstić information content (AvgIpc) is 3.18. The molecule has 0 aromatic heterocycles. The molecule has 4 aliphatic heterocycles. The van der Waals surface area contributed by atoms with Crippen LogP contribution >= 0.6 is 0 Å². The maximum Gasteiger partial charge on any atom is 0.431 e. The molecule has 0 spiro atoms. The number of hydrogen-bond acceptors (Lipinski definition) is 4. The molecule has 0 saturated heterocycles. The molecule has 0 atom stereocenters. The number of fused-ring (bicyclic) bond motifs is 8. The third-order valence-electron chi connectivity index (χ3n) is 11.4. The highest BCUT2D eigenvalue weighted by Gasteiger charge is 2.49. The van der Waals surface area contributed by atoms with Gasteiger partial charge in [0.15, 0.2) is 0 Å². The first-order chi connectivity index (χ1) is 26.0. The average molecular weight is 682 g/mol. The molecule has 0 unspecified atom stereocenters. The lowest BCUT2D eigenvalue weighted by Crippen LogP contribution is -2.61. The summed E-state index contributed by atoms with van der Waals surface area (Å²) < 4.78 is 14.4. The van der Waals surface area contributed by atoms with Gasteiger partial charge in [-0.3, -0.25) is 0 Å². The molecule has 6 heteroatoms. The molecule has 4 nitrogen and oxygen atoms in total. The fraction of sp³-hybridized carbons (Fsp3) is 0.106. The maximum absolute atomic E-state index is 7.19. The Kier molecular flexibility index (Phi) is 6.43. The molecule has 0 bridgehead atoms. The third-order valence-corrected chi connectivity index (χ3v) is 11.4. The Labute approximate surface area is 311 Å². The molecule has 7 aromatic carbocycles. The lowest BCUT2D eigenvalue weighted by molar-refractivity contribution is 0.589. The van der Waals surface area contributed by atoms with Crippen molar-refractivity contribution < 1.29 is 9.31 Å². The number of hydrogen-bond donors (Lipinski definition) is 0. The SMILES string of the molecule is Cc1cc2c3c(c1)N(c1ccccc1)c1c(cc4c(c1C(C)C)N(c1ccccc1)c1cc(C)cc5c1B4Oc1ccccc1-5)B3Oc1ccccc1-2. The van der Waals surface area contributed by atoms with Crippen LogP contribution in [0.2, 0.25) is 0 Å². The van der Waals surface area contributed by atoms with E-state index in [1.165, 1.54) is 61.5 Å². The highest BCUT2D eigenvalue weighted by molar-refractivity contribution is 6.89. The van der Waals surface area contributed by atoms with Gasteiger partial charge in [0, 0.05) is 50.4 Å². The summed E-state index contributed by atoms with van der Waals surface area (Å²) in [6.45, 7) is 8.51. The van der Waals surface area contributed by atoms with E-state index in [1.54, 1.807) is 0 Å². The van der Waals surface area contributed by atoms with Crippen LogP contribution in [-0.2, 0) is 0 Å². The van der Waals surface area contributed by atoms with E-state index in [1.807, 2.05) is 0 Å². The minimum Gasteiger partial charge on any atom is -0.551 e. The summed E-state index contributed by atoms with van der Waals surface area (Å²) in [6.07, 6.45) is 0. The molecular weight excluding hydrogens is 646 g/mol. The zero-order chi connectivity index (χ0) is 35.5. The standard InChI is InChI=1S/C47H36B2N2O2/c1-28(2)43-46-37(48-44-35(33-19-11-13-21-41(33)52-48)23-29(3)25-39(44)50(46)31-15-7-5-8-16-31)27-38-47(43)51(32-17-9-6-10-18-32)40-26-30(4)24-36-34-20-12-14-22-42(34)53-49(38)45(36)40/h5-28H,1-4H3. The second kappa shape index (κ2) is 11.2. The van der Waals surface area contributed by atoms with Crippen LogP contribution in [0.1, 0.15) is 36.5 Å². The van der Waals surface area contributed by atoms with E-state index < -0.39 is 0 Å². The Bertz CT molecular complexity index is 2480. The van der Waals surface area contributed by atoms with Gasteiger partial charge in [-0.1, -0.05) is 105 Å². The van der Waals surface area contributed by atoms with Gasteiger partial charge in [0.25, 0.3) is 0 Å². The van der Waals surface area contributed by atoms with Crippen LogP contribution in [0.5, 0.6) is 11.5 Å². The van der Waals surface area contributed by atoms with Crippen molar-refractivity contribution in [2.75, 3.05) is 9.80 Å². The van der Waals surface area contributed by atoms with Crippen molar-refractivity contribution >= 4 is 69.8 Å². The van der Waals surface area contributed by atoms with Crippen LogP contribution in [-0.4, -0.2) is 13.8 Å². The van der Waals surface area contributed by atoms with Crippen molar-refractivity contribution in [1.29, 1.82) is 0 Å². The highest BCUT2D eigenvalue weighted by atomic mass is 16.4.